The number of thiazole rings is 1. The first-order valence-electron chi connectivity index (χ1n) is 4.53. The van der Waals surface area contributed by atoms with E-state index in [1.54, 1.807) is 25.4 Å². The van der Waals surface area contributed by atoms with Crippen LogP contribution in [-0.4, -0.2) is 34.4 Å². The van der Waals surface area contributed by atoms with E-state index in [0.717, 1.165) is 10.7 Å². The van der Waals surface area contributed by atoms with E-state index >= 15 is 0 Å². The van der Waals surface area contributed by atoms with Crippen molar-refractivity contribution in [1.29, 1.82) is 0 Å². The number of nitrogens with one attached hydrogen (secondary N) is 1. The molecule has 0 saturated carbocycles. The van der Waals surface area contributed by atoms with Gasteiger partial charge in [0, 0.05) is 31.9 Å². The predicted molar refractivity (Wildman–Crippen MR) is 59.0 cm³/mol. The van der Waals surface area contributed by atoms with Crippen molar-refractivity contribution < 1.29 is 4.79 Å². The van der Waals surface area contributed by atoms with Crippen molar-refractivity contribution in [3.63, 3.8) is 0 Å². The second-order valence-electron chi connectivity index (χ2n) is 3.38. The van der Waals surface area contributed by atoms with Gasteiger partial charge in [-0.15, -0.1) is 11.3 Å². The van der Waals surface area contributed by atoms with Crippen molar-refractivity contribution in [1.82, 2.24) is 19.6 Å². The van der Waals surface area contributed by atoms with Gasteiger partial charge in [-0.3, -0.25) is 4.40 Å². The first-order valence-corrected chi connectivity index (χ1v) is 5.41. The molecule has 0 atom stereocenters. The zero-order valence-electron chi connectivity index (χ0n) is 8.60. The molecular weight excluding hydrogens is 212 g/mol. The maximum atomic E-state index is 11.3. The van der Waals surface area contributed by atoms with Gasteiger partial charge in [-0.25, -0.2) is 9.78 Å². The smallest absolute Gasteiger partial charge is 0.317 e. The lowest BCUT2D eigenvalue weighted by Crippen LogP contribution is -2.33. The second-order valence-corrected chi connectivity index (χ2v) is 4.25. The largest absolute Gasteiger partial charge is 0.332 e. The SMILES string of the molecule is CN(C)C(=O)NCc1cn2ccsc2n1. The average Bonchev–Trinajstić information content (AvgIpc) is 2.72. The highest BCUT2D eigenvalue weighted by molar-refractivity contribution is 7.15. The molecule has 2 amide bonds. The number of carbonyl (C=O) groups is 1. The van der Waals surface area contributed by atoms with Gasteiger partial charge in [0.15, 0.2) is 4.96 Å². The van der Waals surface area contributed by atoms with Crippen molar-refractivity contribution in [3.8, 4) is 0 Å². The highest BCUT2D eigenvalue weighted by Gasteiger charge is 2.05. The van der Waals surface area contributed by atoms with E-state index in [-0.39, 0.29) is 6.03 Å². The molecule has 0 bridgehead atoms. The van der Waals surface area contributed by atoms with Crippen LogP contribution in [0.1, 0.15) is 5.69 Å². The van der Waals surface area contributed by atoms with Gasteiger partial charge < -0.3 is 10.2 Å². The summed E-state index contributed by atoms with van der Waals surface area (Å²) < 4.78 is 1.95. The van der Waals surface area contributed by atoms with E-state index in [0.29, 0.717) is 6.54 Å². The molecule has 0 aliphatic rings. The Bertz CT molecular complexity index is 445. The minimum atomic E-state index is -0.105. The fraction of sp³-hybridized carbons (Fsp3) is 0.333. The molecule has 2 aromatic heterocycles. The Balaban J connectivity index is 2.01. The standard InChI is InChI=1S/C9H12N4OS/c1-12(2)8(14)10-5-7-6-13-3-4-15-9(13)11-7/h3-4,6H,5H2,1-2H3,(H,10,14). The van der Waals surface area contributed by atoms with Crippen molar-refractivity contribution in [2.24, 2.45) is 0 Å². The maximum Gasteiger partial charge on any atom is 0.317 e. The van der Waals surface area contributed by atoms with Crippen molar-refractivity contribution in [2.75, 3.05) is 14.1 Å². The van der Waals surface area contributed by atoms with Crippen LogP contribution >= 0.6 is 11.3 Å². The fourth-order valence-electron chi connectivity index (χ4n) is 1.19. The summed E-state index contributed by atoms with van der Waals surface area (Å²) in [5.41, 5.74) is 0.872. The Kier molecular flexibility index (Phi) is 2.59. The molecule has 1 N–H and O–H groups in total. The van der Waals surface area contributed by atoms with Crippen LogP contribution in [0.5, 0.6) is 0 Å². The van der Waals surface area contributed by atoms with Gasteiger partial charge in [0.2, 0.25) is 0 Å². The van der Waals surface area contributed by atoms with Crippen LogP contribution in [0, 0.1) is 0 Å². The Morgan fingerprint density at radius 3 is 3.13 bits per heavy atom. The number of fused-ring (bicyclic) bond motifs is 1. The minimum absolute atomic E-state index is 0.105. The van der Waals surface area contributed by atoms with E-state index in [2.05, 4.69) is 10.3 Å². The summed E-state index contributed by atoms with van der Waals surface area (Å²) in [6.45, 7) is 0.464. The number of hydrogen-bond acceptors (Lipinski definition) is 3. The number of urea groups is 1. The van der Waals surface area contributed by atoms with Gasteiger partial charge >= 0.3 is 6.03 Å². The predicted octanol–water partition coefficient (Wildman–Crippen LogP) is 1.17. The topological polar surface area (TPSA) is 49.6 Å². The maximum absolute atomic E-state index is 11.3. The van der Waals surface area contributed by atoms with Crippen molar-refractivity contribution in [3.05, 3.63) is 23.5 Å². The normalized spacial score (nSPS) is 10.5. The second kappa shape index (κ2) is 3.90. The van der Waals surface area contributed by atoms with Crippen LogP contribution in [0.4, 0.5) is 4.79 Å². The number of carbonyl (C=O) groups excluding carboxylic acids is 1. The first kappa shape index (κ1) is 9.97. The van der Waals surface area contributed by atoms with Crippen LogP contribution in [0.2, 0.25) is 0 Å². The monoisotopic (exact) mass is 224 g/mol. The molecule has 2 rings (SSSR count). The van der Waals surface area contributed by atoms with Gasteiger partial charge in [0.25, 0.3) is 0 Å². The summed E-state index contributed by atoms with van der Waals surface area (Å²) in [5, 5.41) is 4.74. The fourth-order valence-corrected chi connectivity index (χ4v) is 1.90. The van der Waals surface area contributed by atoms with E-state index in [1.807, 2.05) is 22.2 Å². The van der Waals surface area contributed by atoms with Crippen LogP contribution in [0.3, 0.4) is 0 Å². The average molecular weight is 224 g/mol. The van der Waals surface area contributed by atoms with Gasteiger partial charge in [-0.1, -0.05) is 0 Å². The molecule has 0 aliphatic heterocycles. The molecule has 0 aliphatic carbocycles. The lowest BCUT2D eigenvalue weighted by molar-refractivity contribution is 0.217. The summed E-state index contributed by atoms with van der Waals surface area (Å²) in [7, 11) is 3.42. The zero-order chi connectivity index (χ0) is 10.8. The number of amides is 2. The quantitative estimate of drug-likeness (QED) is 0.832. The Hall–Kier alpha value is -1.56. The summed E-state index contributed by atoms with van der Waals surface area (Å²) in [4.78, 5) is 18.1. The molecule has 0 radical (unpaired) electrons. The number of hydrogen-bond donors (Lipinski definition) is 1. The van der Waals surface area contributed by atoms with E-state index in [1.165, 1.54) is 4.90 Å². The Morgan fingerprint density at radius 2 is 2.47 bits per heavy atom. The van der Waals surface area contributed by atoms with Crippen LogP contribution in [0.25, 0.3) is 4.96 Å². The van der Waals surface area contributed by atoms with Crippen molar-refractivity contribution in [2.45, 2.75) is 6.54 Å². The molecule has 0 spiro atoms. The van der Waals surface area contributed by atoms with Crippen LogP contribution < -0.4 is 5.32 Å². The lowest BCUT2D eigenvalue weighted by atomic mass is 10.5. The molecule has 2 heterocycles. The Morgan fingerprint density at radius 1 is 1.67 bits per heavy atom. The van der Waals surface area contributed by atoms with E-state index in [9.17, 15) is 4.79 Å². The van der Waals surface area contributed by atoms with E-state index < -0.39 is 0 Å². The zero-order valence-corrected chi connectivity index (χ0v) is 9.41. The lowest BCUT2D eigenvalue weighted by Gasteiger charge is -2.10. The third-order valence-corrected chi connectivity index (χ3v) is 2.74. The summed E-state index contributed by atoms with van der Waals surface area (Å²) in [6.07, 6.45) is 3.87. The van der Waals surface area contributed by atoms with Gasteiger partial charge in [-0.05, 0) is 0 Å². The van der Waals surface area contributed by atoms with Gasteiger partial charge in [-0.2, -0.15) is 0 Å². The van der Waals surface area contributed by atoms with Gasteiger partial charge in [0.05, 0.1) is 12.2 Å². The molecule has 0 unspecified atom stereocenters. The molecule has 5 nitrogen and oxygen atoms in total. The van der Waals surface area contributed by atoms with Crippen LogP contribution in [0.15, 0.2) is 17.8 Å². The number of imidazole rings is 1. The summed E-state index contributed by atoms with van der Waals surface area (Å²) in [6, 6.07) is -0.105. The Labute approximate surface area is 91.3 Å². The number of rotatable bonds is 2. The molecule has 2 aromatic rings. The van der Waals surface area contributed by atoms with Crippen LogP contribution in [-0.2, 0) is 6.54 Å². The summed E-state index contributed by atoms with van der Waals surface area (Å²) >= 11 is 1.58. The highest BCUT2D eigenvalue weighted by Crippen LogP contribution is 2.10. The molecule has 6 heteroatoms. The molecule has 15 heavy (non-hydrogen) atoms. The highest BCUT2D eigenvalue weighted by atomic mass is 32.1. The molecule has 0 aromatic carbocycles. The third-order valence-electron chi connectivity index (χ3n) is 1.97. The minimum Gasteiger partial charge on any atom is -0.332 e. The molecular formula is C9H12N4OS. The molecule has 0 fully saturated rings. The third kappa shape index (κ3) is 2.10. The molecule has 0 saturated heterocycles. The van der Waals surface area contributed by atoms with E-state index in [4.69, 9.17) is 0 Å². The molecule has 80 valence electrons. The summed E-state index contributed by atoms with van der Waals surface area (Å²) in [5.74, 6) is 0. The number of aromatic nitrogens is 2. The van der Waals surface area contributed by atoms with Crippen molar-refractivity contribution >= 4 is 22.3 Å². The van der Waals surface area contributed by atoms with Gasteiger partial charge in [0.1, 0.15) is 0 Å². The first-order chi connectivity index (χ1) is 7.16. The number of nitrogens with zero attached hydrogens (tertiary/aromatic N) is 3.